The van der Waals surface area contributed by atoms with Crippen LogP contribution in [0.3, 0.4) is 0 Å². The lowest BCUT2D eigenvalue weighted by Crippen LogP contribution is -2.41. The van der Waals surface area contributed by atoms with Crippen LogP contribution in [0.5, 0.6) is 0 Å². The molecule has 0 atom stereocenters. The fraction of sp³-hybridized carbons (Fsp3) is 0.400. The molecule has 0 aliphatic carbocycles. The van der Waals surface area contributed by atoms with Crippen LogP contribution >= 0.6 is 11.6 Å². The standard InChI is InChI=1S/C10H10ClF5N2O2S/c11-6-1-2-8(7(3-6)10(14,15)16)21(19,20)18-5-9(12,13)4-17/h1-3,18H,4-5,17H2. The van der Waals surface area contributed by atoms with Crippen LogP contribution in [0.4, 0.5) is 22.0 Å². The molecular weight excluding hydrogens is 343 g/mol. The monoisotopic (exact) mass is 352 g/mol. The largest absolute Gasteiger partial charge is 0.417 e. The number of sulfonamides is 1. The van der Waals surface area contributed by atoms with Crippen LogP contribution in [-0.4, -0.2) is 27.4 Å². The first-order chi connectivity index (χ1) is 9.39. The van der Waals surface area contributed by atoms with Crippen molar-refractivity contribution in [2.45, 2.75) is 17.0 Å². The molecule has 1 rings (SSSR count). The molecule has 0 aliphatic rings. The van der Waals surface area contributed by atoms with Crippen LogP contribution in [0.25, 0.3) is 0 Å². The van der Waals surface area contributed by atoms with Crippen LogP contribution in [0, 0.1) is 0 Å². The number of nitrogens with two attached hydrogens (primary N) is 1. The number of halogens is 6. The molecule has 0 bridgehead atoms. The molecule has 0 spiro atoms. The highest BCUT2D eigenvalue weighted by atomic mass is 35.5. The van der Waals surface area contributed by atoms with Gasteiger partial charge in [-0.05, 0) is 18.2 Å². The average molecular weight is 353 g/mol. The third-order valence-corrected chi connectivity index (χ3v) is 4.05. The fourth-order valence-electron chi connectivity index (χ4n) is 1.31. The smallest absolute Gasteiger partial charge is 0.325 e. The lowest BCUT2D eigenvalue weighted by atomic mass is 10.2. The molecule has 11 heteroatoms. The Morgan fingerprint density at radius 2 is 1.76 bits per heavy atom. The molecule has 0 aliphatic heterocycles. The van der Waals surface area contributed by atoms with Crippen LogP contribution in [0.1, 0.15) is 5.56 Å². The summed E-state index contributed by atoms with van der Waals surface area (Å²) in [7, 11) is -4.80. The van der Waals surface area contributed by atoms with E-state index in [1.165, 1.54) is 4.72 Å². The van der Waals surface area contributed by atoms with Gasteiger partial charge in [0.1, 0.15) is 0 Å². The third-order valence-electron chi connectivity index (χ3n) is 2.36. The Hall–Kier alpha value is -0.970. The second-order valence-corrected chi connectivity index (χ2v) is 6.19. The number of hydrogen-bond acceptors (Lipinski definition) is 3. The zero-order valence-corrected chi connectivity index (χ0v) is 11.8. The van der Waals surface area contributed by atoms with Gasteiger partial charge in [0, 0.05) is 5.02 Å². The highest BCUT2D eigenvalue weighted by Gasteiger charge is 2.38. The summed E-state index contributed by atoms with van der Waals surface area (Å²) in [5, 5.41) is -0.339. The van der Waals surface area contributed by atoms with Gasteiger partial charge in [-0.15, -0.1) is 0 Å². The second-order valence-electron chi connectivity index (χ2n) is 4.02. The Labute approximate surface area is 122 Å². The summed E-state index contributed by atoms with van der Waals surface area (Å²) in [6.07, 6.45) is -5.01. The van der Waals surface area contributed by atoms with E-state index in [1.54, 1.807) is 0 Å². The van der Waals surface area contributed by atoms with E-state index in [2.05, 4.69) is 0 Å². The first-order valence-electron chi connectivity index (χ1n) is 5.33. The molecule has 3 N–H and O–H groups in total. The van der Waals surface area contributed by atoms with Gasteiger partial charge < -0.3 is 5.73 Å². The van der Waals surface area contributed by atoms with E-state index in [0.717, 1.165) is 6.07 Å². The second kappa shape index (κ2) is 6.03. The van der Waals surface area contributed by atoms with Crippen molar-refractivity contribution in [1.29, 1.82) is 0 Å². The van der Waals surface area contributed by atoms with Crippen molar-refractivity contribution in [1.82, 2.24) is 4.72 Å². The topological polar surface area (TPSA) is 72.2 Å². The van der Waals surface area contributed by atoms with E-state index in [9.17, 15) is 30.4 Å². The Kier molecular flexibility index (Phi) is 5.19. The Balaban J connectivity index is 3.21. The van der Waals surface area contributed by atoms with E-state index in [0.29, 0.717) is 12.1 Å². The predicted octanol–water partition coefficient (Wildman–Crippen LogP) is 2.23. The predicted molar refractivity (Wildman–Crippen MR) is 65.6 cm³/mol. The van der Waals surface area contributed by atoms with E-state index in [1.807, 2.05) is 0 Å². The summed E-state index contributed by atoms with van der Waals surface area (Å²) in [5.74, 6) is -3.57. The van der Waals surface area contributed by atoms with Crippen LogP contribution in [0.15, 0.2) is 23.1 Å². The highest BCUT2D eigenvalue weighted by molar-refractivity contribution is 7.89. The van der Waals surface area contributed by atoms with E-state index in [4.69, 9.17) is 17.3 Å². The molecule has 0 unspecified atom stereocenters. The van der Waals surface area contributed by atoms with Gasteiger partial charge in [0.25, 0.3) is 5.92 Å². The molecule has 1 aromatic rings. The van der Waals surface area contributed by atoms with Crippen LogP contribution in [-0.2, 0) is 16.2 Å². The number of rotatable bonds is 5. The highest BCUT2D eigenvalue weighted by Crippen LogP contribution is 2.35. The minimum absolute atomic E-state index is 0.339. The molecule has 120 valence electrons. The van der Waals surface area contributed by atoms with E-state index < -0.39 is 45.7 Å². The number of alkyl halides is 5. The van der Waals surface area contributed by atoms with E-state index >= 15 is 0 Å². The SMILES string of the molecule is NCC(F)(F)CNS(=O)(=O)c1ccc(Cl)cc1C(F)(F)F. The molecule has 1 aromatic carbocycles. The van der Waals surface area contributed by atoms with Crippen molar-refractivity contribution in [2.24, 2.45) is 5.73 Å². The van der Waals surface area contributed by atoms with Crippen molar-refractivity contribution in [3.05, 3.63) is 28.8 Å². The Morgan fingerprint density at radius 3 is 2.24 bits per heavy atom. The van der Waals surface area contributed by atoms with E-state index in [-0.39, 0.29) is 5.02 Å². The summed E-state index contributed by atoms with van der Waals surface area (Å²) in [5.41, 5.74) is 3.17. The van der Waals surface area contributed by atoms with Gasteiger partial charge in [0.05, 0.1) is 23.5 Å². The molecule has 0 radical (unpaired) electrons. The normalized spacial score (nSPS) is 13.5. The van der Waals surface area contributed by atoms with Gasteiger partial charge in [0.15, 0.2) is 0 Å². The van der Waals surface area contributed by atoms with Crippen molar-refractivity contribution >= 4 is 21.6 Å². The zero-order valence-electron chi connectivity index (χ0n) is 10.2. The van der Waals surface area contributed by atoms with Crippen LogP contribution in [0.2, 0.25) is 5.02 Å². The summed E-state index contributed by atoms with van der Waals surface area (Å²) < 4.78 is 89.0. The summed E-state index contributed by atoms with van der Waals surface area (Å²) in [4.78, 5) is -1.19. The average Bonchev–Trinajstić information content (AvgIpc) is 2.35. The van der Waals surface area contributed by atoms with Crippen molar-refractivity contribution < 1.29 is 30.4 Å². The lowest BCUT2D eigenvalue weighted by Gasteiger charge is -2.17. The Bertz CT molecular complexity index is 618. The van der Waals surface area contributed by atoms with Gasteiger partial charge >= 0.3 is 6.18 Å². The minimum atomic E-state index is -5.01. The van der Waals surface area contributed by atoms with Crippen LogP contribution < -0.4 is 10.5 Å². The van der Waals surface area contributed by atoms with Gasteiger partial charge in [-0.25, -0.2) is 21.9 Å². The maximum atomic E-state index is 12.9. The van der Waals surface area contributed by atoms with Crippen molar-refractivity contribution in [2.75, 3.05) is 13.1 Å². The fourth-order valence-corrected chi connectivity index (χ4v) is 2.75. The number of hydrogen-bond donors (Lipinski definition) is 2. The Morgan fingerprint density at radius 1 is 1.19 bits per heavy atom. The molecule has 0 amide bonds. The van der Waals surface area contributed by atoms with Gasteiger partial charge in [0.2, 0.25) is 10.0 Å². The molecule has 0 aromatic heterocycles. The number of benzene rings is 1. The van der Waals surface area contributed by atoms with Crippen molar-refractivity contribution in [3.8, 4) is 0 Å². The third kappa shape index (κ3) is 4.77. The molecule has 0 saturated carbocycles. The van der Waals surface area contributed by atoms with Gasteiger partial charge in [-0.2, -0.15) is 13.2 Å². The van der Waals surface area contributed by atoms with Gasteiger partial charge in [-0.3, -0.25) is 0 Å². The molecule has 0 heterocycles. The minimum Gasteiger partial charge on any atom is -0.325 e. The quantitative estimate of drug-likeness (QED) is 0.798. The first kappa shape index (κ1) is 18.1. The van der Waals surface area contributed by atoms with Gasteiger partial charge in [-0.1, -0.05) is 11.6 Å². The summed E-state index contributed by atoms with van der Waals surface area (Å²) >= 11 is 5.39. The maximum absolute atomic E-state index is 12.9. The zero-order chi connectivity index (χ0) is 16.5. The number of nitrogens with one attached hydrogen (secondary N) is 1. The summed E-state index contributed by atoms with van der Waals surface area (Å²) in [6.45, 7) is -2.56. The molecule has 4 nitrogen and oxygen atoms in total. The molecule has 0 fully saturated rings. The first-order valence-corrected chi connectivity index (χ1v) is 7.19. The molecule has 21 heavy (non-hydrogen) atoms. The summed E-state index contributed by atoms with van der Waals surface area (Å²) in [6, 6.07) is 1.90. The molecule has 0 saturated heterocycles. The van der Waals surface area contributed by atoms with Crippen molar-refractivity contribution in [3.63, 3.8) is 0 Å². The molecular formula is C10H10ClF5N2O2S. The maximum Gasteiger partial charge on any atom is 0.417 e. The lowest BCUT2D eigenvalue weighted by molar-refractivity contribution is -0.139.